The molecule has 1 saturated heterocycles. The number of amides is 1. The highest BCUT2D eigenvalue weighted by atomic mass is 79.9. The molecule has 1 fully saturated rings. The molecule has 1 aromatic heterocycles. The summed E-state index contributed by atoms with van der Waals surface area (Å²) in [5, 5.41) is 11.4. The Hall–Kier alpha value is -1.68. The maximum atomic E-state index is 12.5. The highest BCUT2D eigenvalue weighted by molar-refractivity contribution is 9.10. The molecule has 2 aromatic rings. The summed E-state index contributed by atoms with van der Waals surface area (Å²) >= 11 is 3.48. The van der Waals surface area contributed by atoms with Crippen molar-refractivity contribution in [3.05, 3.63) is 40.1 Å². The minimum absolute atomic E-state index is 0. The van der Waals surface area contributed by atoms with Gasteiger partial charge in [0.25, 0.3) is 0 Å². The second-order valence-electron chi connectivity index (χ2n) is 6.74. The third-order valence-corrected chi connectivity index (χ3v) is 5.22. The highest BCUT2D eigenvalue weighted by Crippen LogP contribution is 2.34. The van der Waals surface area contributed by atoms with E-state index in [1.165, 1.54) is 0 Å². The molecule has 152 valence electrons. The molecule has 2 aliphatic rings. The Morgan fingerprint density at radius 3 is 2.93 bits per heavy atom. The Bertz CT molecular complexity index is 812. The smallest absolute Gasteiger partial charge is 0.242 e. The van der Waals surface area contributed by atoms with Crippen molar-refractivity contribution >= 4 is 34.2 Å². The molecule has 10 heteroatoms. The van der Waals surface area contributed by atoms with E-state index in [1.54, 1.807) is 4.68 Å². The SMILES string of the molecule is Cl.O=C(Cn1cc(CN2CCOCC2)nn1)NC1CCOc2ccc(Br)cc21. The molecule has 0 aliphatic carbocycles. The first-order valence-electron chi connectivity index (χ1n) is 9.08. The monoisotopic (exact) mass is 471 g/mol. The molecule has 8 nitrogen and oxygen atoms in total. The van der Waals surface area contributed by atoms with Gasteiger partial charge in [0.15, 0.2) is 0 Å². The molecule has 28 heavy (non-hydrogen) atoms. The van der Waals surface area contributed by atoms with Crippen LogP contribution in [0.25, 0.3) is 0 Å². The molecule has 4 rings (SSSR count). The number of halogens is 2. The first kappa shape index (κ1) is 21.0. The molecule has 0 bridgehead atoms. The second-order valence-corrected chi connectivity index (χ2v) is 7.65. The molecular formula is C18H23BrClN5O3. The number of benzene rings is 1. The third kappa shape index (κ3) is 5.22. The summed E-state index contributed by atoms with van der Waals surface area (Å²) in [5.41, 5.74) is 1.86. The predicted octanol–water partition coefficient (Wildman–Crippen LogP) is 1.93. The maximum Gasteiger partial charge on any atom is 0.242 e. The Kier molecular flexibility index (Phi) is 7.28. The average Bonchev–Trinajstić information content (AvgIpc) is 3.09. The van der Waals surface area contributed by atoms with Crippen molar-refractivity contribution in [3.63, 3.8) is 0 Å². The number of hydrogen-bond acceptors (Lipinski definition) is 6. The minimum Gasteiger partial charge on any atom is -0.493 e. The topological polar surface area (TPSA) is 81.5 Å². The van der Waals surface area contributed by atoms with Crippen molar-refractivity contribution in [1.82, 2.24) is 25.2 Å². The number of carbonyl (C=O) groups is 1. The van der Waals surface area contributed by atoms with Crippen molar-refractivity contribution < 1.29 is 14.3 Å². The molecular weight excluding hydrogens is 450 g/mol. The number of ether oxygens (including phenoxy) is 2. The van der Waals surface area contributed by atoms with Crippen LogP contribution < -0.4 is 10.1 Å². The third-order valence-electron chi connectivity index (χ3n) is 4.73. The van der Waals surface area contributed by atoms with E-state index in [2.05, 4.69) is 36.5 Å². The van der Waals surface area contributed by atoms with E-state index in [-0.39, 0.29) is 30.9 Å². The summed E-state index contributed by atoms with van der Waals surface area (Å²) in [6.45, 7) is 4.76. The molecule has 3 heterocycles. The van der Waals surface area contributed by atoms with Gasteiger partial charge in [-0.2, -0.15) is 0 Å². The van der Waals surface area contributed by atoms with E-state index in [9.17, 15) is 4.79 Å². The van der Waals surface area contributed by atoms with Gasteiger partial charge in [-0.15, -0.1) is 17.5 Å². The fraction of sp³-hybridized carbons (Fsp3) is 0.500. The Labute approximate surface area is 178 Å². The lowest BCUT2D eigenvalue weighted by molar-refractivity contribution is -0.122. The summed E-state index contributed by atoms with van der Waals surface area (Å²) in [6.07, 6.45) is 2.58. The van der Waals surface area contributed by atoms with Crippen molar-refractivity contribution in [2.24, 2.45) is 0 Å². The minimum atomic E-state index is -0.0874. The van der Waals surface area contributed by atoms with Crippen LogP contribution in [0.2, 0.25) is 0 Å². The summed E-state index contributed by atoms with van der Waals surface area (Å²) in [5.74, 6) is 0.735. The molecule has 2 aliphatic heterocycles. The number of aromatic nitrogens is 3. The van der Waals surface area contributed by atoms with E-state index < -0.39 is 0 Å². The largest absolute Gasteiger partial charge is 0.493 e. The van der Waals surface area contributed by atoms with Crippen molar-refractivity contribution in [2.45, 2.75) is 25.6 Å². The molecule has 0 radical (unpaired) electrons. The lowest BCUT2D eigenvalue weighted by atomic mass is 10.0. The lowest BCUT2D eigenvalue weighted by Gasteiger charge is -2.27. The Morgan fingerprint density at radius 1 is 1.29 bits per heavy atom. The first-order chi connectivity index (χ1) is 13.2. The number of rotatable bonds is 5. The zero-order chi connectivity index (χ0) is 18.6. The fourth-order valence-electron chi connectivity index (χ4n) is 3.38. The number of morpholine rings is 1. The number of nitrogens with zero attached hydrogens (tertiary/aromatic N) is 4. The highest BCUT2D eigenvalue weighted by Gasteiger charge is 2.23. The summed E-state index contributed by atoms with van der Waals surface area (Å²) in [4.78, 5) is 14.8. The van der Waals surface area contributed by atoms with Gasteiger partial charge in [0, 0.05) is 36.1 Å². The molecule has 0 saturated carbocycles. The maximum absolute atomic E-state index is 12.5. The lowest BCUT2D eigenvalue weighted by Crippen LogP contribution is -2.35. The number of nitrogens with one attached hydrogen (secondary N) is 1. The van der Waals surface area contributed by atoms with Crippen LogP contribution in [0, 0.1) is 0 Å². The van der Waals surface area contributed by atoms with Gasteiger partial charge >= 0.3 is 0 Å². The van der Waals surface area contributed by atoms with Crippen molar-refractivity contribution in [3.8, 4) is 5.75 Å². The van der Waals surface area contributed by atoms with E-state index in [4.69, 9.17) is 9.47 Å². The molecule has 1 unspecified atom stereocenters. The summed E-state index contributed by atoms with van der Waals surface area (Å²) in [7, 11) is 0. The molecule has 1 aromatic carbocycles. The quantitative estimate of drug-likeness (QED) is 0.716. The van der Waals surface area contributed by atoms with Crippen LogP contribution in [0.15, 0.2) is 28.9 Å². The van der Waals surface area contributed by atoms with Crippen molar-refractivity contribution in [2.75, 3.05) is 32.9 Å². The average molecular weight is 473 g/mol. The van der Waals surface area contributed by atoms with Gasteiger partial charge in [-0.25, -0.2) is 4.68 Å². The Morgan fingerprint density at radius 2 is 2.11 bits per heavy atom. The number of fused-ring (bicyclic) bond motifs is 1. The van der Waals surface area contributed by atoms with E-state index in [0.717, 1.165) is 60.7 Å². The first-order valence-corrected chi connectivity index (χ1v) is 9.87. The van der Waals surface area contributed by atoms with Gasteiger partial charge < -0.3 is 14.8 Å². The molecule has 0 spiro atoms. The van der Waals surface area contributed by atoms with Crippen molar-refractivity contribution in [1.29, 1.82) is 0 Å². The Balaban J connectivity index is 0.00000225. The molecule has 1 amide bonds. The second kappa shape index (κ2) is 9.69. The predicted molar refractivity (Wildman–Crippen MR) is 109 cm³/mol. The van der Waals surface area contributed by atoms with Crippen LogP contribution in [-0.4, -0.2) is 58.7 Å². The van der Waals surface area contributed by atoms with E-state index >= 15 is 0 Å². The number of carbonyl (C=O) groups excluding carboxylic acids is 1. The van der Waals surface area contributed by atoms with E-state index in [1.807, 2.05) is 24.4 Å². The zero-order valence-corrected chi connectivity index (χ0v) is 17.7. The summed E-state index contributed by atoms with van der Waals surface area (Å²) in [6, 6.07) is 5.80. The normalized spacial score (nSPS) is 19.2. The summed E-state index contributed by atoms with van der Waals surface area (Å²) < 4.78 is 13.6. The fourth-order valence-corrected chi connectivity index (χ4v) is 3.76. The molecule has 1 N–H and O–H groups in total. The van der Waals surface area contributed by atoms with Crippen LogP contribution in [0.3, 0.4) is 0 Å². The zero-order valence-electron chi connectivity index (χ0n) is 15.3. The van der Waals surface area contributed by atoms with Gasteiger partial charge in [0.2, 0.25) is 5.91 Å². The number of hydrogen-bond donors (Lipinski definition) is 1. The van der Waals surface area contributed by atoms with Gasteiger partial charge in [0.05, 0.1) is 37.8 Å². The van der Waals surface area contributed by atoms with Crippen LogP contribution in [0.5, 0.6) is 5.75 Å². The van der Waals surface area contributed by atoms with Crippen LogP contribution in [-0.2, 0) is 22.6 Å². The van der Waals surface area contributed by atoms with Gasteiger partial charge in [-0.1, -0.05) is 21.1 Å². The van der Waals surface area contributed by atoms with E-state index in [0.29, 0.717) is 6.61 Å². The van der Waals surface area contributed by atoms with Crippen LogP contribution in [0.4, 0.5) is 0 Å². The van der Waals surface area contributed by atoms with Crippen LogP contribution in [0.1, 0.15) is 23.7 Å². The van der Waals surface area contributed by atoms with Gasteiger partial charge in [-0.3, -0.25) is 9.69 Å². The van der Waals surface area contributed by atoms with Gasteiger partial charge in [-0.05, 0) is 18.2 Å². The molecule has 1 atom stereocenters. The van der Waals surface area contributed by atoms with Gasteiger partial charge in [0.1, 0.15) is 12.3 Å². The van der Waals surface area contributed by atoms with Crippen LogP contribution >= 0.6 is 28.3 Å². The standard InChI is InChI=1S/C18H22BrN5O3.ClH/c19-13-1-2-17-15(9-13)16(3-6-27-17)20-18(25)12-24-11-14(21-22-24)10-23-4-7-26-8-5-23;/h1-2,9,11,16H,3-8,10,12H2,(H,20,25);1H.